The van der Waals surface area contributed by atoms with Gasteiger partial charge in [0.2, 0.25) is 0 Å². The monoisotopic (exact) mass is 339 g/mol. The molecule has 0 saturated carbocycles. The first-order chi connectivity index (χ1) is 8.88. The molecule has 3 nitrogen and oxygen atoms in total. The molecule has 19 heavy (non-hydrogen) atoms. The second-order valence-electron chi connectivity index (χ2n) is 4.43. The fourth-order valence-corrected chi connectivity index (χ4v) is 3.48. The highest BCUT2D eigenvalue weighted by molar-refractivity contribution is 9.10. The van der Waals surface area contributed by atoms with Gasteiger partial charge in [-0.3, -0.25) is 0 Å². The Labute approximate surface area is 121 Å². The standard InChI is InChI=1S/C14H14BrNO2S/c1-10-3-2-4-12(7-10)19(17,18)9-11-5-6-13(15)14(16)8-11/h2-8H,9,16H2,1H3. The summed E-state index contributed by atoms with van der Waals surface area (Å²) in [6.45, 7) is 1.87. The lowest BCUT2D eigenvalue weighted by Gasteiger charge is -2.07. The van der Waals surface area contributed by atoms with Crippen molar-refractivity contribution in [3.8, 4) is 0 Å². The molecular weight excluding hydrogens is 326 g/mol. The Kier molecular flexibility index (Phi) is 3.96. The molecule has 2 aromatic rings. The summed E-state index contributed by atoms with van der Waals surface area (Å²) in [5.74, 6) is -0.0477. The Morgan fingerprint density at radius 1 is 1.16 bits per heavy atom. The molecule has 0 aliphatic heterocycles. The van der Waals surface area contributed by atoms with E-state index in [-0.39, 0.29) is 5.75 Å². The molecule has 0 aliphatic carbocycles. The zero-order chi connectivity index (χ0) is 14.0. The van der Waals surface area contributed by atoms with Crippen molar-refractivity contribution in [3.05, 3.63) is 58.1 Å². The molecule has 2 aromatic carbocycles. The number of anilines is 1. The van der Waals surface area contributed by atoms with Crippen molar-refractivity contribution in [2.24, 2.45) is 0 Å². The van der Waals surface area contributed by atoms with Crippen molar-refractivity contribution in [2.45, 2.75) is 17.6 Å². The van der Waals surface area contributed by atoms with E-state index in [1.54, 1.807) is 36.4 Å². The molecule has 100 valence electrons. The van der Waals surface area contributed by atoms with Gasteiger partial charge in [0.15, 0.2) is 9.84 Å². The number of nitrogens with two attached hydrogens (primary N) is 1. The third kappa shape index (κ3) is 3.36. The molecule has 0 bridgehead atoms. The van der Waals surface area contributed by atoms with Crippen molar-refractivity contribution in [2.75, 3.05) is 5.73 Å². The number of halogens is 1. The molecule has 0 radical (unpaired) electrons. The molecule has 0 amide bonds. The lowest BCUT2D eigenvalue weighted by Crippen LogP contribution is -2.05. The molecular formula is C14H14BrNO2S. The maximum absolute atomic E-state index is 12.3. The number of benzene rings is 2. The first-order valence-electron chi connectivity index (χ1n) is 5.72. The van der Waals surface area contributed by atoms with Crippen molar-refractivity contribution in [1.29, 1.82) is 0 Å². The fraction of sp³-hybridized carbons (Fsp3) is 0.143. The zero-order valence-electron chi connectivity index (χ0n) is 10.4. The van der Waals surface area contributed by atoms with Crippen molar-refractivity contribution < 1.29 is 8.42 Å². The van der Waals surface area contributed by atoms with Crippen LogP contribution in [0.3, 0.4) is 0 Å². The Balaban J connectivity index is 2.33. The topological polar surface area (TPSA) is 60.2 Å². The van der Waals surface area contributed by atoms with Crippen molar-refractivity contribution >= 4 is 31.5 Å². The quantitative estimate of drug-likeness (QED) is 0.872. The molecule has 2 rings (SSSR count). The lowest BCUT2D eigenvalue weighted by molar-refractivity contribution is 0.595. The second-order valence-corrected chi connectivity index (χ2v) is 7.28. The van der Waals surface area contributed by atoms with Gasteiger partial charge in [-0.25, -0.2) is 8.42 Å². The second kappa shape index (κ2) is 5.35. The lowest BCUT2D eigenvalue weighted by atomic mass is 10.2. The Hall–Kier alpha value is -1.33. The summed E-state index contributed by atoms with van der Waals surface area (Å²) in [6.07, 6.45) is 0. The van der Waals surface area contributed by atoms with Crippen LogP contribution >= 0.6 is 15.9 Å². The van der Waals surface area contributed by atoms with Gasteiger partial charge in [0.25, 0.3) is 0 Å². The highest BCUT2D eigenvalue weighted by Gasteiger charge is 2.15. The summed E-state index contributed by atoms with van der Waals surface area (Å²) in [5, 5.41) is 0. The van der Waals surface area contributed by atoms with Gasteiger partial charge in [-0.15, -0.1) is 0 Å². The number of aryl methyl sites for hydroxylation is 1. The Bertz CT molecular complexity index is 711. The molecule has 2 N–H and O–H groups in total. The summed E-state index contributed by atoms with van der Waals surface area (Å²) >= 11 is 3.29. The fourth-order valence-electron chi connectivity index (χ4n) is 1.79. The summed E-state index contributed by atoms with van der Waals surface area (Å²) in [5.41, 5.74) is 7.91. The molecule has 0 spiro atoms. The highest BCUT2D eigenvalue weighted by atomic mass is 79.9. The smallest absolute Gasteiger partial charge is 0.182 e. The van der Waals surface area contributed by atoms with Crippen LogP contribution in [-0.4, -0.2) is 8.42 Å². The van der Waals surface area contributed by atoms with Crippen LogP contribution in [0, 0.1) is 6.92 Å². The van der Waals surface area contributed by atoms with Crippen LogP contribution in [-0.2, 0) is 15.6 Å². The van der Waals surface area contributed by atoms with Crippen molar-refractivity contribution in [1.82, 2.24) is 0 Å². The van der Waals surface area contributed by atoms with E-state index in [4.69, 9.17) is 5.73 Å². The first kappa shape index (κ1) is 14.1. The van der Waals surface area contributed by atoms with Gasteiger partial charge in [-0.05, 0) is 58.2 Å². The summed E-state index contributed by atoms with van der Waals surface area (Å²) in [7, 11) is -3.34. The SMILES string of the molecule is Cc1cccc(S(=O)(=O)Cc2ccc(Br)c(N)c2)c1. The molecule has 0 saturated heterocycles. The summed E-state index contributed by atoms with van der Waals surface area (Å²) < 4.78 is 25.4. The molecule has 0 heterocycles. The molecule has 0 fully saturated rings. The van der Waals surface area contributed by atoms with Crippen molar-refractivity contribution in [3.63, 3.8) is 0 Å². The maximum Gasteiger partial charge on any atom is 0.182 e. The highest BCUT2D eigenvalue weighted by Crippen LogP contribution is 2.23. The number of nitrogen functional groups attached to an aromatic ring is 1. The molecule has 0 atom stereocenters. The van der Waals surface area contributed by atoms with Gasteiger partial charge in [0, 0.05) is 10.2 Å². The van der Waals surface area contributed by atoms with Crippen LogP contribution in [0.1, 0.15) is 11.1 Å². The average Bonchev–Trinajstić information content (AvgIpc) is 2.33. The minimum Gasteiger partial charge on any atom is -0.398 e. The third-order valence-corrected chi connectivity index (χ3v) is 5.17. The molecule has 0 aliphatic rings. The number of sulfone groups is 1. The molecule has 0 unspecified atom stereocenters. The Morgan fingerprint density at radius 2 is 1.89 bits per heavy atom. The predicted molar refractivity (Wildman–Crippen MR) is 80.6 cm³/mol. The molecule has 0 aromatic heterocycles. The van der Waals surface area contributed by atoms with Crippen LogP contribution in [0.5, 0.6) is 0 Å². The van der Waals surface area contributed by atoms with Gasteiger partial charge < -0.3 is 5.73 Å². The van der Waals surface area contributed by atoms with E-state index in [0.29, 0.717) is 16.1 Å². The van der Waals surface area contributed by atoms with Crippen LogP contribution in [0.15, 0.2) is 51.8 Å². The van der Waals surface area contributed by atoms with E-state index in [2.05, 4.69) is 15.9 Å². The minimum absolute atomic E-state index is 0.0477. The Morgan fingerprint density at radius 3 is 2.53 bits per heavy atom. The summed E-state index contributed by atoms with van der Waals surface area (Å²) in [4.78, 5) is 0.342. The van der Waals surface area contributed by atoms with Gasteiger partial charge in [-0.1, -0.05) is 18.2 Å². The molecule has 5 heteroatoms. The normalized spacial score (nSPS) is 11.5. The van der Waals surface area contributed by atoms with E-state index in [1.807, 2.05) is 13.0 Å². The van der Waals surface area contributed by atoms with Crippen LogP contribution in [0.4, 0.5) is 5.69 Å². The van der Waals surface area contributed by atoms with E-state index >= 15 is 0 Å². The van der Waals surface area contributed by atoms with E-state index in [0.717, 1.165) is 10.0 Å². The van der Waals surface area contributed by atoms with Gasteiger partial charge in [0.05, 0.1) is 10.6 Å². The number of rotatable bonds is 3. The minimum atomic E-state index is -3.34. The van der Waals surface area contributed by atoms with Crippen LogP contribution in [0.2, 0.25) is 0 Å². The number of hydrogen-bond donors (Lipinski definition) is 1. The average molecular weight is 340 g/mol. The van der Waals surface area contributed by atoms with E-state index < -0.39 is 9.84 Å². The van der Waals surface area contributed by atoms with E-state index in [9.17, 15) is 8.42 Å². The van der Waals surface area contributed by atoms with E-state index in [1.165, 1.54) is 0 Å². The largest absolute Gasteiger partial charge is 0.398 e. The number of hydrogen-bond acceptors (Lipinski definition) is 3. The van der Waals surface area contributed by atoms with Gasteiger partial charge in [-0.2, -0.15) is 0 Å². The first-order valence-corrected chi connectivity index (χ1v) is 8.16. The maximum atomic E-state index is 12.3. The predicted octanol–water partition coefficient (Wildman–Crippen LogP) is 3.31. The van der Waals surface area contributed by atoms with Crippen LogP contribution in [0.25, 0.3) is 0 Å². The third-order valence-electron chi connectivity index (χ3n) is 2.77. The van der Waals surface area contributed by atoms with Gasteiger partial charge in [0.1, 0.15) is 0 Å². The van der Waals surface area contributed by atoms with Gasteiger partial charge >= 0.3 is 0 Å². The summed E-state index contributed by atoms with van der Waals surface area (Å²) in [6, 6.07) is 12.1. The zero-order valence-corrected chi connectivity index (χ0v) is 12.8. The van der Waals surface area contributed by atoms with Crippen LogP contribution < -0.4 is 5.73 Å².